The van der Waals surface area contributed by atoms with Crippen molar-refractivity contribution in [2.24, 2.45) is 0 Å². The SMILES string of the molecule is CCN(C(=O)c1cc(F)ccc1F)C(c1ccccc1)c1ccccc1. The van der Waals surface area contributed by atoms with E-state index in [1.807, 2.05) is 67.6 Å². The number of nitrogens with zero attached hydrogens (tertiary/aromatic N) is 1. The van der Waals surface area contributed by atoms with E-state index in [1.165, 1.54) is 0 Å². The summed E-state index contributed by atoms with van der Waals surface area (Å²) in [5, 5.41) is 0. The van der Waals surface area contributed by atoms with Gasteiger partial charge in [0, 0.05) is 6.54 Å². The molecule has 4 heteroatoms. The van der Waals surface area contributed by atoms with Crippen molar-refractivity contribution in [1.29, 1.82) is 0 Å². The summed E-state index contributed by atoms with van der Waals surface area (Å²) < 4.78 is 27.8. The first kappa shape index (κ1) is 17.8. The fraction of sp³-hybridized carbons (Fsp3) is 0.136. The predicted octanol–water partition coefficient (Wildman–Crippen LogP) is 5.22. The fourth-order valence-corrected chi connectivity index (χ4v) is 3.08. The Balaban J connectivity index is 2.09. The summed E-state index contributed by atoms with van der Waals surface area (Å²) in [4.78, 5) is 14.6. The van der Waals surface area contributed by atoms with Crippen molar-refractivity contribution in [3.8, 4) is 0 Å². The summed E-state index contributed by atoms with van der Waals surface area (Å²) >= 11 is 0. The lowest BCUT2D eigenvalue weighted by molar-refractivity contribution is 0.0711. The fourth-order valence-electron chi connectivity index (χ4n) is 3.08. The average Bonchev–Trinajstić information content (AvgIpc) is 2.68. The summed E-state index contributed by atoms with van der Waals surface area (Å²) in [5.41, 5.74) is 1.56. The van der Waals surface area contributed by atoms with Gasteiger partial charge < -0.3 is 4.90 Å². The third-order valence-electron chi connectivity index (χ3n) is 4.30. The van der Waals surface area contributed by atoms with Crippen LogP contribution < -0.4 is 0 Å². The number of carbonyl (C=O) groups is 1. The minimum absolute atomic E-state index is 0.260. The highest BCUT2D eigenvalue weighted by molar-refractivity contribution is 5.95. The van der Waals surface area contributed by atoms with Gasteiger partial charge in [-0.1, -0.05) is 60.7 Å². The van der Waals surface area contributed by atoms with Crippen LogP contribution in [0.25, 0.3) is 0 Å². The van der Waals surface area contributed by atoms with Crippen molar-refractivity contribution in [3.63, 3.8) is 0 Å². The molecule has 0 fully saturated rings. The first-order valence-electron chi connectivity index (χ1n) is 8.47. The number of hydrogen-bond acceptors (Lipinski definition) is 1. The Morgan fingerprint density at radius 2 is 1.42 bits per heavy atom. The standard InChI is InChI=1S/C22H19F2NO/c1-2-25(22(26)19-15-18(23)13-14-20(19)24)21(16-9-5-3-6-10-16)17-11-7-4-8-12-17/h3-15,21H,2H2,1H3. The van der Waals surface area contributed by atoms with Crippen LogP contribution in [0.1, 0.15) is 34.5 Å². The molecule has 0 radical (unpaired) electrons. The number of carbonyl (C=O) groups excluding carboxylic acids is 1. The van der Waals surface area contributed by atoms with E-state index in [9.17, 15) is 13.6 Å². The minimum Gasteiger partial charge on any atom is -0.328 e. The molecule has 3 aromatic carbocycles. The molecule has 0 saturated heterocycles. The van der Waals surface area contributed by atoms with Crippen molar-refractivity contribution in [1.82, 2.24) is 4.90 Å². The summed E-state index contributed by atoms with van der Waals surface area (Å²) in [6.07, 6.45) is 0. The van der Waals surface area contributed by atoms with E-state index in [4.69, 9.17) is 0 Å². The Morgan fingerprint density at radius 1 is 0.885 bits per heavy atom. The second-order valence-corrected chi connectivity index (χ2v) is 5.94. The normalized spacial score (nSPS) is 10.8. The molecule has 0 aromatic heterocycles. The molecular weight excluding hydrogens is 332 g/mol. The molecule has 1 amide bonds. The Bertz CT molecular complexity index is 842. The maximum Gasteiger partial charge on any atom is 0.257 e. The van der Waals surface area contributed by atoms with E-state index in [2.05, 4.69) is 0 Å². The van der Waals surface area contributed by atoms with Gasteiger partial charge in [0.15, 0.2) is 0 Å². The Hall–Kier alpha value is -3.01. The zero-order chi connectivity index (χ0) is 18.5. The second kappa shape index (κ2) is 7.91. The van der Waals surface area contributed by atoms with E-state index in [0.717, 1.165) is 29.3 Å². The predicted molar refractivity (Wildman–Crippen MR) is 97.8 cm³/mol. The number of hydrogen-bond donors (Lipinski definition) is 0. The Kier molecular flexibility index (Phi) is 5.42. The van der Waals surface area contributed by atoms with Crippen molar-refractivity contribution in [2.75, 3.05) is 6.54 Å². The summed E-state index contributed by atoms with van der Waals surface area (Å²) in [6, 6.07) is 21.6. The lowest BCUT2D eigenvalue weighted by Crippen LogP contribution is -2.36. The number of amides is 1. The van der Waals surface area contributed by atoms with Crippen LogP contribution in [0, 0.1) is 11.6 Å². The lowest BCUT2D eigenvalue weighted by Gasteiger charge is -2.32. The Morgan fingerprint density at radius 3 is 1.92 bits per heavy atom. The van der Waals surface area contributed by atoms with E-state index in [-0.39, 0.29) is 5.56 Å². The molecule has 0 aliphatic carbocycles. The quantitative estimate of drug-likeness (QED) is 0.617. The summed E-state index contributed by atoms with van der Waals surface area (Å²) in [6.45, 7) is 2.18. The number of benzene rings is 3. The molecule has 0 bridgehead atoms. The monoisotopic (exact) mass is 351 g/mol. The molecule has 0 heterocycles. The van der Waals surface area contributed by atoms with Crippen molar-refractivity contribution in [3.05, 3.63) is 107 Å². The summed E-state index contributed by atoms with van der Waals surface area (Å²) in [7, 11) is 0. The number of rotatable bonds is 5. The van der Waals surface area contributed by atoms with Gasteiger partial charge in [-0.25, -0.2) is 8.78 Å². The van der Waals surface area contributed by atoms with Gasteiger partial charge in [0.1, 0.15) is 11.6 Å². The van der Waals surface area contributed by atoms with Crippen LogP contribution in [0.4, 0.5) is 8.78 Å². The van der Waals surface area contributed by atoms with Gasteiger partial charge in [0.25, 0.3) is 5.91 Å². The van der Waals surface area contributed by atoms with E-state index < -0.39 is 23.6 Å². The smallest absolute Gasteiger partial charge is 0.257 e. The summed E-state index contributed by atoms with van der Waals surface area (Å²) in [5.74, 6) is -1.90. The number of halogens is 2. The van der Waals surface area contributed by atoms with Gasteiger partial charge in [-0.05, 0) is 36.2 Å². The lowest BCUT2D eigenvalue weighted by atomic mass is 9.96. The van der Waals surface area contributed by atoms with Crippen LogP contribution in [-0.4, -0.2) is 17.4 Å². The molecule has 0 unspecified atom stereocenters. The molecule has 0 aliphatic rings. The molecule has 3 rings (SSSR count). The maximum absolute atomic E-state index is 14.2. The van der Waals surface area contributed by atoms with Gasteiger partial charge in [-0.15, -0.1) is 0 Å². The van der Waals surface area contributed by atoms with Crippen LogP contribution in [0.2, 0.25) is 0 Å². The van der Waals surface area contributed by atoms with Crippen LogP contribution in [0.15, 0.2) is 78.9 Å². The van der Waals surface area contributed by atoms with Gasteiger partial charge in [0.05, 0.1) is 11.6 Å². The van der Waals surface area contributed by atoms with Crippen molar-refractivity contribution in [2.45, 2.75) is 13.0 Å². The zero-order valence-electron chi connectivity index (χ0n) is 14.4. The average molecular weight is 351 g/mol. The molecule has 0 saturated carbocycles. The zero-order valence-corrected chi connectivity index (χ0v) is 14.4. The third kappa shape index (κ3) is 3.64. The molecule has 0 spiro atoms. The second-order valence-electron chi connectivity index (χ2n) is 5.94. The highest BCUT2D eigenvalue weighted by Gasteiger charge is 2.28. The van der Waals surface area contributed by atoms with Gasteiger partial charge >= 0.3 is 0 Å². The van der Waals surface area contributed by atoms with Crippen molar-refractivity contribution >= 4 is 5.91 Å². The molecular formula is C22H19F2NO. The van der Waals surface area contributed by atoms with Crippen molar-refractivity contribution < 1.29 is 13.6 Å². The molecule has 0 atom stereocenters. The highest BCUT2D eigenvalue weighted by Crippen LogP contribution is 2.30. The van der Waals surface area contributed by atoms with E-state index in [0.29, 0.717) is 6.54 Å². The highest BCUT2D eigenvalue weighted by atomic mass is 19.1. The molecule has 3 aromatic rings. The van der Waals surface area contributed by atoms with Crippen LogP contribution >= 0.6 is 0 Å². The van der Waals surface area contributed by atoms with Crippen LogP contribution in [0.5, 0.6) is 0 Å². The largest absolute Gasteiger partial charge is 0.328 e. The first-order valence-corrected chi connectivity index (χ1v) is 8.47. The minimum atomic E-state index is -0.727. The molecule has 132 valence electrons. The van der Waals surface area contributed by atoms with E-state index >= 15 is 0 Å². The van der Waals surface area contributed by atoms with Crippen LogP contribution in [-0.2, 0) is 0 Å². The first-order chi connectivity index (χ1) is 12.6. The van der Waals surface area contributed by atoms with Gasteiger partial charge in [-0.2, -0.15) is 0 Å². The molecule has 0 N–H and O–H groups in total. The third-order valence-corrected chi connectivity index (χ3v) is 4.30. The molecule has 26 heavy (non-hydrogen) atoms. The topological polar surface area (TPSA) is 20.3 Å². The molecule has 0 aliphatic heterocycles. The van der Waals surface area contributed by atoms with Gasteiger partial charge in [0.2, 0.25) is 0 Å². The maximum atomic E-state index is 14.2. The Labute approximate surface area is 151 Å². The van der Waals surface area contributed by atoms with Gasteiger partial charge in [-0.3, -0.25) is 4.79 Å². The van der Waals surface area contributed by atoms with Crippen LogP contribution in [0.3, 0.4) is 0 Å². The van der Waals surface area contributed by atoms with E-state index in [1.54, 1.807) is 4.90 Å². The molecule has 2 nitrogen and oxygen atoms in total.